The Bertz CT molecular complexity index is 626. The highest BCUT2D eigenvalue weighted by atomic mass is 19.4. The lowest BCUT2D eigenvalue weighted by Gasteiger charge is -2.16. The first kappa shape index (κ1) is 16.7. The monoisotopic (exact) mass is 328 g/mol. The van der Waals surface area contributed by atoms with Crippen LogP contribution in [0.2, 0.25) is 0 Å². The average molecular weight is 328 g/mol. The van der Waals surface area contributed by atoms with Crippen LogP contribution in [0.1, 0.15) is 24.2 Å². The Morgan fingerprint density at radius 1 is 1.30 bits per heavy atom. The third kappa shape index (κ3) is 5.53. The minimum Gasteiger partial charge on any atom is -0.406 e. The molecule has 0 bridgehead atoms. The second-order valence-corrected chi connectivity index (χ2v) is 4.75. The van der Waals surface area contributed by atoms with Gasteiger partial charge in [-0.2, -0.15) is 5.10 Å². The predicted molar refractivity (Wildman–Crippen MR) is 75.5 cm³/mol. The van der Waals surface area contributed by atoms with E-state index in [1.54, 1.807) is 19.2 Å². The SMILES string of the molecule is C[C@H](NC(=O)NCc1ccn[nH]1)c1ccc(OC(F)(F)F)cc1. The molecular formula is C14H15F3N4O2. The number of urea groups is 1. The van der Waals surface area contributed by atoms with Crippen LogP contribution in [0.5, 0.6) is 5.75 Å². The molecule has 0 aliphatic heterocycles. The van der Waals surface area contributed by atoms with Crippen molar-refractivity contribution in [3.05, 3.63) is 47.8 Å². The molecule has 23 heavy (non-hydrogen) atoms. The zero-order valence-electron chi connectivity index (χ0n) is 12.1. The number of halogens is 3. The van der Waals surface area contributed by atoms with Gasteiger partial charge in [-0.05, 0) is 30.7 Å². The standard InChI is InChI=1S/C14H15F3N4O2/c1-9(20-13(22)18-8-11-6-7-19-21-11)10-2-4-12(5-3-10)23-14(15,16)17/h2-7,9H,8H2,1H3,(H,19,21)(H2,18,20,22)/t9-/m0/s1. The summed E-state index contributed by atoms with van der Waals surface area (Å²) in [6.07, 6.45) is -3.15. The van der Waals surface area contributed by atoms with Gasteiger partial charge in [-0.1, -0.05) is 12.1 Å². The van der Waals surface area contributed by atoms with Crippen molar-refractivity contribution in [1.29, 1.82) is 0 Å². The summed E-state index contributed by atoms with van der Waals surface area (Å²) in [7, 11) is 0. The van der Waals surface area contributed by atoms with Gasteiger partial charge in [-0.3, -0.25) is 5.10 Å². The average Bonchev–Trinajstić information content (AvgIpc) is 2.97. The van der Waals surface area contributed by atoms with Crippen LogP contribution in [0, 0.1) is 0 Å². The second-order valence-electron chi connectivity index (χ2n) is 4.75. The minimum atomic E-state index is -4.72. The fourth-order valence-electron chi connectivity index (χ4n) is 1.85. The summed E-state index contributed by atoms with van der Waals surface area (Å²) in [4.78, 5) is 11.7. The molecule has 0 aliphatic rings. The van der Waals surface area contributed by atoms with Crippen molar-refractivity contribution in [2.75, 3.05) is 0 Å². The zero-order valence-corrected chi connectivity index (χ0v) is 12.1. The van der Waals surface area contributed by atoms with Crippen LogP contribution >= 0.6 is 0 Å². The van der Waals surface area contributed by atoms with E-state index in [9.17, 15) is 18.0 Å². The summed E-state index contributed by atoms with van der Waals surface area (Å²) in [5.41, 5.74) is 1.40. The molecule has 0 saturated carbocycles. The van der Waals surface area contributed by atoms with Crippen LogP contribution in [0.25, 0.3) is 0 Å². The van der Waals surface area contributed by atoms with Gasteiger partial charge in [0, 0.05) is 6.20 Å². The van der Waals surface area contributed by atoms with Gasteiger partial charge in [0.05, 0.1) is 18.3 Å². The topological polar surface area (TPSA) is 79.0 Å². The molecule has 0 unspecified atom stereocenters. The van der Waals surface area contributed by atoms with Gasteiger partial charge in [-0.25, -0.2) is 4.79 Å². The molecule has 1 heterocycles. The number of carbonyl (C=O) groups excluding carboxylic acids is 1. The van der Waals surface area contributed by atoms with Gasteiger partial charge < -0.3 is 15.4 Å². The van der Waals surface area contributed by atoms with Gasteiger partial charge >= 0.3 is 12.4 Å². The number of H-pyrrole nitrogens is 1. The van der Waals surface area contributed by atoms with Crippen molar-refractivity contribution < 1.29 is 22.7 Å². The van der Waals surface area contributed by atoms with Crippen LogP contribution in [-0.4, -0.2) is 22.6 Å². The first-order valence-electron chi connectivity index (χ1n) is 6.72. The molecule has 2 aromatic rings. The predicted octanol–water partition coefficient (Wildman–Crippen LogP) is 2.87. The van der Waals surface area contributed by atoms with Crippen LogP contribution in [0.4, 0.5) is 18.0 Å². The van der Waals surface area contributed by atoms with E-state index in [-0.39, 0.29) is 18.3 Å². The zero-order chi connectivity index (χ0) is 16.9. The molecule has 124 valence electrons. The molecule has 2 rings (SSSR count). The van der Waals surface area contributed by atoms with Crippen molar-refractivity contribution >= 4 is 6.03 Å². The summed E-state index contributed by atoms with van der Waals surface area (Å²) >= 11 is 0. The third-order valence-corrected chi connectivity index (χ3v) is 2.96. The van der Waals surface area contributed by atoms with E-state index < -0.39 is 12.4 Å². The van der Waals surface area contributed by atoms with Crippen molar-refractivity contribution in [3.63, 3.8) is 0 Å². The Morgan fingerprint density at radius 3 is 2.57 bits per heavy atom. The van der Waals surface area contributed by atoms with E-state index in [0.29, 0.717) is 5.56 Å². The van der Waals surface area contributed by atoms with Gasteiger partial charge in [0.2, 0.25) is 0 Å². The number of carbonyl (C=O) groups is 1. The molecule has 0 aliphatic carbocycles. The molecular weight excluding hydrogens is 313 g/mol. The molecule has 2 amide bonds. The highest BCUT2D eigenvalue weighted by Crippen LogP contribution is 2.24. The maximum absolute atomic E-state index is 12.1. The van der Waals surface area contributed by atoms with Crippen LogP contribution in [0.3, 0.4) is 0 Å². The smallest absolute Gasteiger partial charge is 0.406 e. The first-order chi connectivity index (χ1) is 10.8. The molecule has 3 N–H and O–H groups in total. The number of hydrogen-bond acceptors (Lipinski definition) is 3. The van der Waals surface area contributed by atoms with E-state index >= 15 is 0 Å². The summed E-state index contributed by atoms with van der Waals surface area (Å²) in [6.45, 7) is 2.01. The molecule has 6 nitrogen and oxygen atoms in total. The number of nitrogens with zero attached hydrogens (tertiary/aromatic N) is 1. The molecule has 0 fully saturated rings. The van der Waals surface area contributed by atoms with Gasteiger partial charge in [0.1, 0.15) is 5.75 Å². The van der Waals surface area contributed by atoms with Crippen molar-refractivity contribution in [2.24, 2.45) is 0 Å². The lowest BCUT2D eigenvalue weighted by molar-refractivity contribution is -0.274. The Hall–Kier alpha value is -2.71. The van der Waals surface area contributed by atoms with Gasteiger partial charge in [0.25, 0.3) is 0 Å². The summed E-state index contributed by atoms with van der Waals surface area (Å²) in [5, 5.41) is 11.8. The first-order valence-corrected chi connectivity index (χ1v) is 6.72. The summed E-state index contributed by atoms with van der Waals surface area (Å²) in [6, 6.07) is 6.26. The van der Waals surface area contributed by atoms with Crippen LogP contribution in [-0.2, 0) is 6.54 Å². The molecule has 1 atom stereocenters. The van der Waals surface area contributed by atoms with Crippen LogP contribution in [0.15, 0.2) is 36.5 Å². The Kier molecular flexibility index (Phi) is 5.09. The number of alkyl halides is 3. The number of amides is 2. The Balaban J connectivity index is 1.84. The molecule has 0 saturated heterocycles. The van der Waals surface area contributed by atoms with Crippen molar-refractivity contribution in [1.82, 2.24) is 20.8 Å². The fourth-order valence-corrected chi connectivity index (χ4v) is 1.85. The Morgan fingerprint density at radius 2 is 2.00 bits per heavy atom. The maximum atomic E-state index is 12.1. The number of nitrogens with one attached hydrogen (secondary N) is 3. The van der Waals surface area contributed by atoms with Gasteiger partial charge in [-0.15, -0.1) is 13.2 Å². The van der Waals surface area contributed by atoms with Crippen molar-refractivity contribution in [2.45, 2.75) is 25.9 Å². The van der Waals surface area contributed by atoms with E-state index in [1.165, 1.54) is 24.3 Å². The van der Waals surface area contributed by atoms with E-state index in [2.05, 4.69) is 25.6 Å². The lowest BCUT2D eigenvalue weighted by Crippen LogP contribution is -2.36. The normalized spacial score (nSPS) is 12.5. The maximum Gasteiger partial charge on any atom is 0.573 e. The summed E-state index contributed by atoms with van der Waals surface area (Å²) < 4.78 is 40.0. The van der Waals surface area contributed by atoms with Crippen molar-refractivity contribution in [3.8, 4) is 5.75 Å². The Labute approximate surface area is 130 Å². The van der Waals surface area contributed by atoms with E-state index in [0.717, 1.165) is 5.69 Å². The molecule has 1 aromatic carbocycles. The quantitative estimate of drug-likeness (QED) is 0.790. The van der Waals surface area contributed by atoms with E-state index in [4.69, 9.17) is 0 Å². The second kappa shape index (κ2) is 7.03. The molecule has 1 aromatic heterocycles. The third-order valence-electron chi connectivity index (χ3n) is 2.96. The molecule has 0 spiro atoms. The number of benzene rings is 1. The number of hydrogen-bond donors (Lipinski definition) is 3. The lowest BCUT2D eigenvalue weighted by atomic mass is 10.1. The number of aromatic amines is 1. The van der Waals surface area contributed by atoms with E-state index in [1.807, 2.05) is 0 Å². The fraction of sp³-hybridized carbons (Fsp3) is 0.286. The summed E-state index contributed by atoms with van der Waals surface area (Å²) in [5.74, 6) is -0.308. The molecule has 9 heteroatoms. The highest BCUT2D eigenvalue weighted by Gasteiger charge is 2.31. The number of rotatable bonds is 5. The number of ether oxygens (including phenoxy) is 1. The largest absolute Gasteiger partial charge is 0.573 e. The van der Waals surface area contributed by atoms with Gasteiger partial charge in [0.15, 0.2) is 0 Å². The number of aromatic nitrogens is 2. The minimum absolute atomic E-state index is 0.289. The molecule has 0 radical (unpaired) electrons. The highest BCUT2D eigenvalue weighted by molar-refractivity contribution is 5.74. The van der Waals surface area contributed by atoms with Crippen LogP contribution < -0.4 is 15.4 Å².